The number of rotatable bonds is 3. The van der Waals surface area contributed by atoms with Crippen LogP contribution in [0.15, 0.2) is 23.9 Å². The molecule has 1 N–H and O–H groups in total. The van der Waals surface area contributed by atoms with Gasteiger partial charge in [0.1, 0.15) is 0 Å². The molecular weight excluding hydrogens is 124 g/mol. The lowest BCUT2D eigenvalue weighted by molar-refractivity contribution is 0.340. The first-order valence-corrected chi connectivity index (χ1v) is 3.34. The quantitative estimate of drug-likeness (QED) is 0.472. The SMILES string of the molecule is C=CC(=C(C)C)N(C)NC. The summed E-state index contributed by atoms with van der Waals surface area (Å²) in [5, 5.41) is 1.93. The van der Waals surface area contributed by atoms with E-state index in [4.69, 9.17) is 0 Å². The second-order valence-electron chi connectivity index (χ2n) is 2.37. The van der Waals surface area contributed by atoms with Gasteiger partial charge in [0.25, 0.3) is 0 Å². The molecule has 0 spiro atoms. The summed E-state index contributed by atoms with van der Waals surface area (Å²) in [6.07, 6.45) is 1.84. The molecule has 0 aliphatic carbocycles. The Labute approximate surface area is 63.2 Å². The van der Waals surface area contributed by atoms with Crippen LogP contribution < -0.4 is 5.43 Å². The molecule has 0 radical (unpaired) electrons. The smallest absolute Gasteiger partial charge is 0.0496 e. The highest BCUT2D eigenvalue weighted by Gasteiger charge is 1.97. The molecule has 0 bridgehead atoms. The van der Waals surface area contributed by atoms with Crippen molar-refractivity contribution < 1.29 is 0 Å². The topological polar surface area (TPSA) is 15.3 Å². The van der Waals surface area contributed by atoms with Crippen molar-refractivity contribution in [1.29, 1.82) is 0 Å². The maximum absolute atomic E-state index is 3.71. The molecular formula is C8H16N2. The zero-order valence-electron chi connectivity index (χ0n) is 7.23. The number of hydrogen-bond acceptors (Lipinski definition) is 2. The van der Waals surface area contributed by atoms with Crippen molar-refractivity contribution in [2.24, 2.45) is 0 Å². The minimum atomic E-state index is 1.13. The van der Waals surface area contributed by atoms with E-state index in [0.717, 1.165) is 5.70 Å². The van der Waals surface area contributed by atoms with Crippen molar-refractivity contribution in [3.8, 4) is 0 Å². The van der Waals surface area contributed by atoms with E-state index in [1.165, 1.54) is 5.57 Å². The second kappa shape index (κ2) is 4.12. The van der Waals surface area contributed by atoms with Gasteiger partial charge in [0.2, 0.25) is 0 Å². The zero-order chi connectivity index (χ0) is 8.15. The Morgan fingerprint density at radius 2 is 2.00 bits per heavy atom. The fourth-order valence-corrected chi connectivity index (χ4v) is 0.797. The predicted octanol–water partition coefficient (Wildman–Crippen LogP) is 1.53. The average Bonchev–Trinajstić information content (AvgIpc) is 1.88. The van der Waals surface area contributed by atoms with Gasteiger partial charge in [-0.3, -0.25) is 0 Å². The van der Waals surface area contributed by atoms with Crippen molar-refractivity contribution in [2.45, 2.75) is 13.8 Å². The van der Waals surface area contributed by atoms with Crippen LogP contribution in [0.4, 0.5) is 0 Å². The molecule has 0 saturated heterocycles. The molecule has 0 saturated carbocycles. The molecule has 10 heavy (non-hydrogen) atoms. The van der Waals surface area contributed by atoms with E-state index in [9.17, 15) is 0 Å². The molecule has 2 nitrogen and oxygen atoms in total. The number of hydrogen-bond donors (Lipinski definition) is 1. The van der Waals surface area contributed by atoms with Gasteiger partial charge >= 0.3 is 0 Å². The standard InChI is InChI=1S/C8H16N2/c1-6-8(7(2)3)10(5)9-4/h6,9H,1H2,2-5H3. The minimum absolute atomic E-state index is 1.13. The molecule has 0 fully saturated rings. The van der Waals surface area contributed by atoms with Crippen molar-refractivity contribution in [3.05, 3.63) is 23.9 Å². The van der Waals surface area contributed by atoms with Gasteiger partial charge in [0, 0.05) is 19.8 Å². The highest BCUT2D eigenvalue weighted by atomic mass is 15.5. The van der Waals surface area contributed by atoms with E-state index in [0.29, 0.717) is 0 Å². The Kier molecular flexibility index (Phi) is 3.81. The number of allylic oxidation sites excluding steroid dienone is 2. The van der Waals surface area contributed by atoms with Crippen LogP contribution >= 0.6 is 0 Å². The lowest BCUT2D eigenvalue weighted by Gasteiger charge is -2.19. The molecule has 58 valence electrons. The third-order valence-electron chi connectivity index (χ3n) is 1.40. The van der Waals surface area contributed by atoms with Gasteiger partial charge in [-0.2, -0.15) is 0 Å². The molecule has 0 aromatic heterocycles. The van der Waals surface area contributed by atoms with E-state index in [1.807, 2.05) is 25.2 Å². The van der Waals surface area contributed by atoms with E-state index < -0.39 is 0 Å². The van der Waals surface area contributed by atoms with E-state index in [-0.39, 0.29) is 0 Å². The molecule has 0 aromatic rings. The highest BCUT2D eigenvalue weighted by Crippen LogP contribution is 2.05. The number of hydrazine groups is 1. The van der Waals surface area contributed by atoms with Crippen LogP contribution in [-0.4, -0.2) is 19.1 Å². The lowest BCUT2D eigenvalue weighted by atomic mass is 10.2. The monoisotopic (exact) mass is 140 g/mol. The first-order chi connectivity index (χ1) is 4.63. The van der Waals surface area contributed by atoms with Gasteiger partial charge in [-0.25, -0.2) is 5.43 Å². The average molecular weight is 140 g/mol. The molecule has 0 rings (SSSR count). The summed E-state index contributed by atoms with van der Waals surface area (Å²) in [5.74, 6) is 0. The lowest BCUT2D eigenvalue weighted by Crippen LogP contribution is -2.29. The van der Waals surface area contributed by atoms with Crippen molar-refractivity contribution in [3.63, 3.8) is 0 Å². The highest BCUT2D eigenvalue weighted by molar-refractivity contribution is 5.18. The first kappa shape index (κ1) is 9.24. The maximum atomic E-state index is 3.71. The summed E-state index contributed by atoms with van der Waals surface area (Å²) in [6.45, 7) is 7.83. The Morgan fingerprint density at radius 1 is 1.50 bits per heavy atom. The van der Waals surface area contributed by atoms with Crippen LogP contribution in [0.2, 0.25) is 0 Å². The molecule has 0 aliphatic rings. The number of nitrogens with zero attached hydrogens (tertiary/aromatic N) is 1. The van der Waals surface area contributed by atoms with Crippen LogP contribution in [0.1, 0.15) is 13.8 Å². The second-order valence-corrected chi connectivity index (χ2v) is 2.37. The molecule has 0 atom stereocenters. The normalized spacial score (nSPS) is 8.80. The number of likely N-dealkylation sites (N-methyl/N-ethyl adjacent to an activating group) is 1. The van der Waals surface area contributed by atoms with Crippen LogP contribution in [0.3, 0.4) is 0 Å². The summed E-state index contributed by atoms with van der Waals surface area (Å²) >= 11 is 0. The fourth-order valence-electron chi connectivity index (χ4n) is 0.797. The third kappa shape index (κ3) is 2.23. The summed E-state index contributed by atoms with van der Waals surface area (Å²) in [6, 6.07) is 0. The summed E-state index contributed by atoms with van der Waals surface area (Å²) in [4.78, 5) is 0. The summed E-state index contributed by atoms with van der Waals surface area (Å²) in [5.41, 5.74) is 5.39. The number of nitrogens with one attached hydrogen (secondary N) is 1. The zero-order valence-corrected chi connectivity index (χ0v) is 7.23. The first-order valence-electron chi connectivity index (χ1n) is 3.34. The molecule has 2 heteroatoms. The summed E-state index contributed by atoms with van der Waals surface area (Å²) in [7, 11) is 3.84. The third-order valence-corrected chi connectivity index (χ3v) is 1.40. The van der Waals surface area contributed by atoms with Crippen molar-refractivity contribution in [1.82, 2.24) is 10.4 Å². The Morgan fingerprint density at radius 3 is 2.10 bits per heavy atom. The van der Waals surface area contributed by atoms with Gasteiger partial charge in [-0.1, -0.05) is 12.2 Å². The molecule has 0 heterocycles. The van der Waals surface area contributed by atoms with Crippen molar-refractivity contribution >= 4 is 0 Å². The Bertz CT molecular complexity index is 143. The molecule has 0 aromatic carbocycles. The van der Waals surface area contributed by atoms with Gasteiger partial charge in [0.15, 0.2) is 0 Å². The van der Waals surface area contributed by atoms with Gasteiger partial charge in [-0.15, -0.1) is 0 Å². The van der Waals surface area contributed by atoms with Crippen LogP contribution in [0.5, 0.6) is 0 Å². The van der Waals surface area contributed by atoms with Crippen molar-refractivity contribution in [2.75, 3.05) is 14.1 Å². The van der Waals surface area contributed by atoms with E-state index >= 15 is 0 Å². The minimum Gasteiger partial charge on any atom is -0.312 e. The molecule has 0 aliphatic heterocycles. The van der Waals surface area contributed by atoms with Crippen LogP contribution in [0.25, 0.3) is 0 Å². The molecule has 0 amide bonds. The van der Waals surface area contributed by atoms with Crippen LogP contribution in [-0.2, 0) is 0 Å². The van der Waals surface area contributed by atoms with Crippen LogP contribution in [0, 0.1) is 0 Å². The Hall–Kier alpha value is -0.760. The summed E-state index contributed by atoms with van der Waals surface area (Å²) < 4.78 is 0. The molecule has 0 unspecified atom stereocenters. The van der Waals surface area contributed by atoms with Gasteiger partial charge in [0.05, 0.1) is 0 Å². The van der Waals surface area contributed by atoms with Gasteiger partial charge < -0.3 is 5.01 Å². The van der Waals surface area contributed by atoms with E-state index in [2.05, 4.69) is 25.9 Å². The Balaban J connectivity index is 4.36. The fraction of sp³-hybridized carbons (Fsp3) is 0.500. The predicted molar refractivity (Wildman–Crippen MR) is 45.4 cm³/mol. The maximum Gasteiger partial charge on any atom is 0.0496 e. The largest absolute Gasteiger partial charge is 0.312 e. The van der Waals surface area contributed by atoms with E-state index in [1.54, 1.807) is 0 Å². The van der Waals surface area contributed by atoms with Gasteiger partial charge in [-0.05, 0) is 19.9 Å².